The third-order valence-electron chi connectivity index (χ3n) is 3.51. The predicted octanol–water partition coefficient (Wildman–Crippen LogP) is 2.73. The monoisotopic (exact) mass is 261 g/mol. The summed E-state index contributed by atoms with van der Waals surface area (Å²) in [5, 5.41) is 0. The molecule has 0 aromatic carbocycles. The van der Waals surface area contributed by atoms with Crippen LogP contribution in [0.5, 0.6) is 0 Å². The van der Waals surface area contributed by atoms with E-state index >= 15 is 0 Å². The van der Waals surface area contributed by atoms with Crippen LogP contribution in [0.1, 0.15) is 47.0 Å². The Kier molecular flexibility index (Phi) is 5.45. The maximum atomic E-state index is 12.3. The summed E-state index contributed by atoms with van der Waals surface area (Å²) in [6.07, 6.45) is 3.21. The van der Waals surface area contributed by atoms with Gasteiger partial charge in [0.2, 0.25) is 10.0 Å². The van der Waals surface area contributed by atoms with Gasteiger partial charge in [-0.25, -0.2) is 12.7 Å². The van der Waals surface area contributed by atoms with E-state index in [0.717, 1.165) is 19.3 Å². The first-order valence-electron chi connectivity index (χ1n) is 6.83. The molecule has 0 aromatic rings. The fourth-order valence-corrected chi connectivity index (χ4v) is 4.93. The van der Waals surface area contributed by atoms with E-state index in [0.29, 0.717) is 30.7 Å². The lowest BCUT2D eigenvalue weighted by Crippen LogP contribution is -2.44. The van der Waals surface area contributed by atoms with Crippen molar-refractivity contribution in [2.45, 2.75) is 47.0 Å². The molecular weight excluding hydrogens is 234 g/mol. The minimum Gasteiger partial charge on any atom is -0.212 e. The van der Waals surface area contributed by atoms with Gasteiger partial charge in [0.15, 0.2) is 0 Å². The summed E-state index contributed by atoms with van der Waals surface area (Å²) in [4.78, 5) is 0. The molecule has 3 atom stereocenters. The van der Waals surface area contributed by atoms with E-state index in [1.54, 1.807) is 4.31 Å². The molecule has 0 radical (unpaired) electrons. The van der Waals surface area contributed by atoms with Crippen LogP contribution in [-0.4, -0.2) is 31.6 Å². The first kappa shape index (κ1) is 15.0. The Labute approximate surface area is 107 Å². The van der Waals surface area contributed by atoms with Crippen LogP contribution < -0.4 is 0 Å². The maximum Gasteiger partial charge on any atom is 0.214 e. The lowest BCUT2D eigenvalue weighted by molar-refractivity contribution is 0.221. The van der Waals surface area contributed by atoms with E-state index in [1.807, 2.05) is 6.92 Å². The van der Waals surface area contributed by atoms with Gasteiger partial charge in [0.25, 0.3) is 0 Å². The Balaban J connectivity index is 2.63. The minimum atomic E-state index is -3.04. The molecule has 0 aliphatic carbocycles. The lowest BCUT2D eigenvalue weighted by atomic mass is 9.94. The van der Waals surface area contributed by atoms with Gasteiger partial charge in [-0.2, -0.15) is 0 Å². The van der Waals surface area contributed by atoms with Gasteiger partial charge >= 0.3 is 0 Å². The minimum absolute atomic E-state index is 0.275. The number of hydrogen-bond acceptors (Lipinski definition) is 2. The second-order valence-electron chi connectivity index (χ2n) is 5.94. The molecule has 0 bridgehead atoms. The highest BCUT2D eigenvalue weighted by atomic mass is 32.2. The van der Waals surface area contributed by atoms with Crippen molar-refractivity contribution in [2.75, 3.05) is 18.8 Å². The van der Waals surface area contributed by atoms with Crippen LogP contribution in [0.3, 0.4) is 0 Å². The van der Waals surface area contributed by atoms with Crippen LogP contribution in [-0.2, 0) is 10.0 Å². The Hall–Kier alpha value is -0.0900. The van der Waals surface area contributed by atoms with Gasteiger partial charge in [0.05, 0.1) is 5.75 Å². The molecular formula is C13H27NO2S. The van der Waals surface area contributed by atoms with Crippen molar-refractivity contribution in [3.8, 4) is 0 Å². The summed E-state index contributed by atoms with van der Waals surface area (Å²) in [7, 11) is -3.04. The number of sulfonamides is 1. The molecule has 0 spiro atoms. The van der Waals surface area contributed by atoms with Crippen molar-refractivity contribution in [1.29, 1.82) is 0 Å². The van der Waals surface area contributed by atoms with Crippen molar-refractivity contribution in [3.63, 3.8) is 0 Å². The average molecular weight is 261 g/mol. The molecule has 0 amide bonds. The second-order valence-corrected chi connectivity index (χ2v) is 7.95. The van der Waals surface area contributed by atoms with E-state index in [-0.39, 0.29) is 5.92 Å². The molecule has 0 aromatic heterocycles. The molecule has 1 saturated heterocycles. The second kappa shape index (κ2) is 6.19. The van der Waals surface area contributed by atoms with Crippen LogP contribution in [0.15, 0.2) is 0 Å². The van der Waals surface area contributed by atoms with Crippen molar-refractivity contribution in [2.24, 2.45) is 17.8 Å². The van der Waals surface area contributed by atoms with Gasteiger partial charge in [-0.05, 0) is 30.6 Å². The van der Waals surface area contributed by atoms with Crippen LogP contribution in [0.2, 0.25) is 0 Å². The normalized spacial score (nSPS) is 29.2. The summed E-state index contributed by atoms with van der Waals surface area (Å²) in [6.45, 7) is 9.87. The van der Waals surface area contributed by atoms with Crippen LogP contribution in [0.4, 0.5) is 0 Å². The summed E-state index contributed by atoms with van der Waals surface area (Å²) in [5.41, 5.74) is 0. The number of nitrogens with zero attached hydrogens (tertiary/aromatic N) is 1. The maximum absolute atomic E-state index is 12.3. The molecule has 1 aliphatic rings. The van der Waals surface area contributed by atoms with E-state index in [9.17, 15) is 8.42 Å². The lowest BCUT2D eigenvalue weighted by Gasteiger charge is -2.34. The Morgan fingerprint density at radius 2 is 1.76 bits per heavy atom. The highest BCUT2D eigenvalue weighted by Crippen LogP contribution is 2.24. The Morgan fingerprint density at radius 1 is 1.24 bits per heavy atom. The molecule has 17 heavy (non-hydrogen) atoms. The average Bonchev–Trinajstić information content (AvgIpc) is 2.15. The van der Waals surface area contributed by atoms with E-state index in [1.165, 1.54) is 0 Å². The highest BCUT2D eigenvalue weighted by molar-refractivity contribution is 7.89. The standard InChI is InChI=1S/C13H27NO2S/c1-5-6-11(2)10-17(15,16)14-8-12(3)7-13(4)9-14/h11-13H,5-10H2,1-4H3/t11-,12-,13+/m1/s1. The topological polar surface area (TPSA) is 37.4 Å². The summed E-state index contributed by atoms with van der Waals surface area (Å²) >= 11 is 0. The number of hydrogen-bond donors (Lipinski definition) is 0. The summed E-state index contributed by atoms with van der Waals surface area (Å²) in [6, 6.07) is 0. The zero-order chi connectivity index (χ0) is 13.1. The molecule has 1 aliphatic heterocycles. The fourth-order valence-electron chi connectivity index (χ4n) is 2.87. The first-order chi connectivity index (χ1) is 7.85. The third kappa shape index (κ3) is 4.59. The molecule has 3 nitrogen and oxygen atoms in total. The summed E-state index contributed by atoms with van der Waals surface area (Å²) < 4.78 is 26.3. The molecule has 1 fully saturated rings. The zero-order valence-electron chi connectivity index (χ0n) is 11.6. The molecule has 1 rings (SSSR count). The van der Waals surface area contributed by atoms with Crippen molar-refractivity contribution < 1.29 is 8.42 Å². The molecule has 102 valence electrons. The molecule has 4 heteroatoms. The fraction of sp³-hybridized carbons (Fsp3) is 1.00. The van der Waals surface area contributed by atoms with Gasteiger partial charge in [-0.3, -0.25) is 0 Å². The van der Waals surface area contributed by atoms with Gasteiger partial charge in [0.1, 0.15) is 0 Å². The van der Waals surface area contributed by atoms with Crippen molar-refractivity contribution in [1.82, 2.24) is 4.31 Å². The van der Waals surface area contributed by atoms with Crippen molar-refractivity contribution in [3.05, 3.63) is 0 Å². The van der Waals surface area contributed by atoms with E-state index in [2.05, 4.69) is 20.8 Å². The SMILES string of the molecule is CCC[C@@H](C)CS(=O)(=O)N1C[C@H](C)C[C@H](C)C1. The van der Waals surface area contributed by atoms with Crippen LogP contribution in [0.25, 0.3) is 0 Å². The number of rotatable bonds is 5. The van der Waals surface area contributed by atoms with Crippen LogP contribution in [0, 0.1) is 17.8 Å². The first-order valence-corrected chi connectivity index (χ1v) is 8.43. The van der Waals surface area contributed by atoms with Gasteiger partial charge in [0, 0.05) is 13.1 Å². The van der Waals surface area contributed by atoms with E-state index < -0.39 is 10.0 Å². The molecule has 0 N–H and O–H groups in total. The zero-order valence-corrected chi connectivity index (χ0v) is 12.5. The molecule has 0 saturated carbocycles. The van der Waals surface area contributed by atoms with E-state index in [4.69, 9.17) is 0 Å². The summed E-state index contributed by atoms with van der Waals surface area (Å²) in [5.74, 6) is 1.59. The third-order valence-corrected chi connectivity index (χ3v) is 5.58. The van der Waals surface area contributed by atoms with Gasteiger partial charge in [-0.15, -0.1) is 0 Å². The largest absolute Gasteiger partial charge is 0.214 e. The van der Waals surface area contributed by atoms with Gasteiger partial charge < -0.3 is 0 Å². The predicted molar refractivity (Wildman–Crippen MR) is 72.4 cm³/mol. The highest BCUT2D eigenvalue weighted by Gasteiger charge is 2.31. The van der Waals surface area contributed by atoms with Crippen LogP contribution >= 0.6 is 0 Å². The Bertz CT molecular complexity index is 316. The van der Waals surface area contributed by atoms with Crippen molar-refractivity contribution >= 4 is 10.0 Å². The number of piperidine rings is 1. The molecule has 1 heterocycles. The quantitative estimate of drug-likeness (QED) is 0.763. The Morgan fingerprint density at radius 3 is 2.24 bits per heavy atom. The smallest absolute Gasteiger partial charge is 0.212 e. The molecule has 0 unspecified atom stereocenters. The van der Waals surface area contributed by atoms with Gasteiger partial charge in [-0.1, -0.05) is 34.1 Å².